The van der Waals surface area contributed by atoms with Crippen LogP contribution in [0.3, 0.4) is 0 Å². The fraction of sp³-hybridized carbons (Fsp3) is 0.440. The molecule has 1 fully saturated rings. The predicted molar refractivity (Wildman–Crippen MR) is 263 cm³/mol. The van der Waals surface area contributed by atoms with Crippen LogP contribution in [0, 0.1) is 43.8 Å². The molecule has 59 heavy (non-hydrogen) atoms. The van der Waals surface area contributed by atoms with Crippen LogP contribution >= 0.6 is 7.92 Å². The van der Waals surface area contributed by atoms with Gasteiger partial charge in [-0.05, 0) is 86.2 Å². The van der Waals surface area contributed by atoms with Crippen molar-refractivity contribution in [2.75, 3.05) is 13.2 Å². The molecule has 0 atom stereocenters. The maximum Gasteiger partial charge on any atom is 3.00 e. The van der Waals surface area contributed by atoms with Crippen LogP contribution in [0.4, 0.5) is 5.69 Å². The second-order valence-electron chi connectivity index (χ2n) is 17.2. The van der Waals surface area contributed by atoms with Crippen LogP contribution in [0.25, 0.3) is 21.6 Å². The summed E-state index contributed by atoms with van der Waals surface area (Å²) in [4.78, 5) is 9.43. The number of benzene rings is 4. The van der Waals surface area contributed by atoms with Crippen LogP contribution in [-0.4, -0.2) is 57.1 Å². The van der Waals surface area contributed by atoms with Crippen molar-refractivity contribution in [1.29, 1.82) is 0 Å². The SMILES string of the molecule is C1CCOC1.CC(C)N=C(C[Si](C)(C)C)[N-]C(C)C.Cc1cccc(CC(=NC(C)C)[N-]C(C)C)c1[N-]/C(=C\[PH+](c1ccccc1)c1ccccc1)c1ccccc1.[Lu+3]. The molecule has 1 heterocycles. The molecule has 0 bridgehead atoms. The summed E-state index contributed by atoms with van der Waals surface area (Å²) < 4.78 is 4.94. The summed E-state index contributed by atoms with van der Waals surface area (Å²) in [5, 5.41) is 17.5. The number of nitrogens with zero attached hydrogens (tertiary/aromatic N) is 5. The number of hydrogen-bond acceptors (Lipinski definition) is 3. The van der Waals surface area contributed by atoms with Gasteiger partial charge in [-0.15, -0.1) is 5.69 Å². The van der Waals surface area contributed by atoms with E-state index in [9.17, 15) is 0 Å². The summed E-state index contributed by atoms with van der Waals surface area (Å²) in [5.74, 6) is 4.36. The fourth-order valence-corrected chi connectivity index (χ4v) is 9.64. The molecule has 0 N–H and O–H groups in total. The molecule has 0 unspecified atom stereocenters. The van der Waals surface area contributed by atoms with Crippen molar-refractivity contribution in [1.82, 2.24) is 0 Å². The molecule has 5 rings (SSSR count). The summed E-state index contributed by atoms with van der Waals surface area (Å²) in [5.41, 5.74) is 5.41. The first kappa shape index (κ1) is 52.3. The van der Waals surface area contributed by atoms with Crippen LogP contribution in [0.5, 0.6) is 0 Å². The van der Waals surface area contributed by atoms with E-state index in [1.807, 2.05) is 0 Å². The molecule has 4 aromatic carbocycles. The third kappa shape index (κ3) is 21.5. The average molecular weight is 993 g/mol. The van der Waals surface area contributed by atoms with Crippen molar-refractivity contribution < 1.29 is 41.6 Å². The predicted octanol–water partition coefficient (Wildman–Crippen LogP) is 13.7. The third-order valence-electron chi connectivity index (χ3n) is 8.57. The first-order chi connectivity index (χ1) is 27.6. The Balaban J connectivity index is 0.000000496. The quantitative estimate of drug-likeness (QED) is 0.0537. The van der Waals surface area contributed by atoms with Crippen LogP contribution in [0.2, 0.25) is 25.7 Å². The molecule has 6 nitrogen and oxygen atoms in total. The second-order valence-corrected chi connectivity index (χ2v) is 24.9. The molecule has 4 aromatic rings. The zero-order valence-corrected chi connectivity index (χ0v) is 41.6. The molecule has 0 spiro atoms. The molecule has 0 aliphatic carbocycles. The van der Waals surface area contributed by atoms with Crippen LogP contribution < -0.4 is 10.6 Å². The van der Waals surface area contributed by atoms with E-state index in [0.29, 0.717) is 18.5 Å². The van der Waals surface area contributed by atoms with Crippen molar-refractivity contribution in [3.05, 3.63) is 148 Å². The Labute approximate surface area is 390 Å². The number of rotatable bonds is 14. The van der Waals surface area contributed by atoms with Gasteiger partial charge in [-0.2, -0.15) is 0 Å². The minimum atomic E-state index is -1.24. The maximum atomic E-state index is 5.42. The van der Waals surface area contributed by atoms with Crippen molar-refractivity contribution in [2.45, 2.75) is 131 Å². The van der Waals surface area contributed by atoms with Crippen LogP contribution in [0.1, 0.15) is 84.9 Å². The van der Waals surface area contributed by atoms with Gasteiger partial charge in [-0.3, -0.25) is 0 Å². The van der Waals surface area contributed by atoms with E-state index < -0.39 is 16.0 Å². The first-order valence-corrected chi connectivity index (χ1v) is 26.6. The molecule has 9 heteroatoms. The normalized spacial score (nSPS) is 13.5. The number of hydrogen-bond donors (Lipinski definition) is 0. The summed E-state index contributed by atoms with van der Waals surface area (Å²) in [6.07, 6.45) is 3.22. The van der Waals surface area contributed by atoms with E-state index in [1.165, 1.54) is 23.5 Å². The molecule has 0 aromatic heterocycles. The Kier molecular flexibility index (Phi) is 24.8. The van der Waals surface area contributed by atoms with Gasteiger partial charge in [0.2, 0.25) is 0 Å². The number of aryl methyl sites for hydroxylation is 1. The van der Waals surface area contributed by atoms with E-state index in [-0.39, 0.29) is 49.0 Å². The number of ether oxygens (including phenoxy) is 1. The Morgan fingerprint density at radius 2 is 1.14 bits per heavy atom. The van der Waals surface area contributed by atoms with Crippen LogP contribution in [-0.2, 0) is 11.2 Å². The van der Waals surface area contributed by atoms with Crippen molar-refractivity contribution in [3.63, 3.8) is 0 Å². The minimum absolute atomic E-state index is 0. The Hall–Kier alpha value is -2.80. The van der Waals surface area contributed by atoms with Crippen molar-refractivity contribution >= 4 is 49.7 Å². The number of amidine groups is 2. The summed E-state index contributed by atoms with van der Waals surface area (Å²) in [6.45, 7) is 28.1. The summed E-state index contributed by atoms with van der Waals surface area (Å²) in [7, 11) is -2.32. The van der Waals surface area contributed by atoms with Crippen molar-refractivity contribution in [2.24, 2.45) is 9.98 Å². The van der Waals surface area contributed by atoms with Crippen molar-refractivity contribution in [3.8, 4) is 0 Å². The summed E-state index contributed by atoms with van der Waals surface area (Å²) >= 11 is 0. The zero-order chi connectivity index (χ0) is 42.5. The monoisotopic (exact) mass is 992 g/mol. The smallest absolute Gasteiger partial charge is 0.654 e. The topological polar surface area (TPSA) is 76.2 Å². The maximum absolute atomic E-state index is 5.42. The van der Waals surface area contributed by atoms with Gasteiger partial charge in [0.15, 0.2) is 0 Å². The second kappa shape index (κ2) is 27.9. The zero-order valence-electron chi connectivity index (χ0n) is 37.9. The van der Waals surface area contributed by atoms with Crippen LogP contribution in [0.15, 0.2) is 125 Å². The van der Waals surface area contributed by atoms with Gasteiger partial charge >= 0.3 is 36.9 Å². The molecule has 326 valence electrons. The largest absolute Gasteiger partial charge is 3.00 e. The van der Waals surface area contributed by atoms with E-state index in [0.717, 1.165) is 59.0 Å². The molecule has 1 aliphatic rings. The van der Waals surface area contributed by atoms with Gasteiger partial charge in [-0.1, -0.05) is 188 Å². The van der Waals surface area contributed by atoms with Gasteiger partial charge in [0.05, 0.1) is 13.7 Å². The minimum Gasteiger partial charge on any atom is -0.654 e. The number of para-hydroxylation sites is 1. The molecule has 0 saturated carbocycles. The molecular weight excluding hydrogens is 921 g/mol. The fourth-order valence-electron chi connectivity index (χ4n) is 6.23. The van der Waals surface area contributed by atoms with E-state index in [2.05, 4.69) is 207 Å². The number of aliphatic imine (C=N–C) groups is 2. The van der Waals surface area contributed by atoms with Gasteiger partial charge in [-0.25, -0.2) is 0 Å². The van der Waals surface area contributed by atoms with Gasteiger partial charge in [0.1, 0.15) is 10.6 Å². The van der Waals surface area contributed by atoms with E-state index >= 15 is 0 Å². The van der Waals surface area contributed by atoms with Gasteiger partial charge in [0.25, 0.3) is 0 Å². The Morgan fingerprint density at radius 3 is 1.58 bits per heavy atom. The molecule has 1 aliphatic heterocycles. The van der Waals surface area contributed by atoms with Gasteiger partial charge in [0, 0.05) is 21.3 Å². The third-order valence-corrected chi connectivity index (χ3v) is 12.4. The summed E-state index contributed by atoms with van der Waals surface area (Å²) in [6, 6.07) is 40.8. The molecular formula is C50H72LuN5OPSi+. The van der Waals surface area contributed by atoms with Gasteiger partial charge < -0.3 is 30.7 Å². The standard InChI is InChI=1S/C35H38N3P.C11H25N2Si.C4H8O.Lu/c1-26(2)36-34(37-27(3)4)24-30-19-15-16-28(5)35(30)38-33(29-17-9-6-10-18-29)25-39(31-20-11-7-12-21-31)32-22-13-8-14-23-32;1-9(2)12-11(13-10(3)4)8-14(5,6)7;1-2-4-5-3-1;/h6-23,25-27H,24H2,1-5H3;9-10H,8H2,1-7H3;1-4H2;/q-2;-1;;+3/p+1/b33-25-;;;. The first-order valence-electron chi connectivity index (χ1n) is 21.3. The molecule has 0 amide bonds. The average Bonchev–Trinajstić information content (AvgIpc) is 3.75. The molecule has 0 radical (unpaired) electrons. The Bertz CT molecular complexity index is 1790. The van der Waals surface area contributed by atoms with E-state index in [4.69, 9.17) is 20.4 Å². The molecule has 1 saturated heterocycles. The Morgan fingerprint density at radius 1 is 0.661 bits per heavy atom. The van der Waals surface area contributed by atoms with E-state index in [1.54, 1.807) is 0 Å².